The summed E-state index contributed by atoms with van der Waals surface area (Å²) < 4.78 is 46.5. The van der Waals surface area contributed by atoms with Crippen molar-refractivity contribution in [3.05, 3.63) is 89.7 Å². The minimum atomic E-state index is -3.77. The van der Waals surface area contributed by atoms with Crippen molar-refractivity contribution < 1.29 is 22.3 Å². The normalized spacial score (nSPS) is 11.1. The highest BCUT2D eigenvalue weighted by Gasteiger charge is 2.18. The molecule has 0 saturated heterocycles. The fourth-order valence-electron chi connectivity index (χ4n) is 3.04. The molecule has 0 aromatic heterocycles. The standard InChI is InChI=1S/C23H23FN2O4S/c1-3-26(16-17-9-14-22(30-2)21(24)15-17)23(27)18-10-12-20(13-11-18)31(28,29)25-19-7-5-4-6-8-19/h4-15,25H,3,16H2,1-2H3. The number of carbonyl (C=O) groups is 1. The summed E-state index contributed by atoms with van der Waals surface area (Å²) in [5, 5.41) is 0. The zero-order chi connectivity index (χ0) is 22.4. The number of nitrogens with zero attached hydrogens (tertiary/aromatic N) is 1. The summed E-state index contributed by atoms with van der Waals surface area (Å²) in [6.45, 7) is 2.44. The quantitative estimate of drug-likeness (QED) is 0.565. The van der Waals surface area contributed by atoms with Crippen LogP contribution in [-0.4, -0.2) is 32.9 Å². The van der Waals surface area contributed by atoms with Crippen LogP contribution in [0.2, 0.25) is 0 Å². The summed E-state index contributed by atoms with van der Waals surface area (Å²) in [6, 6.07) is 18.8. The van der Waals surface area contributed by atoms with E-state index in [1.165, 1.54) is 43.5 Å². The molecule has 31 heavy (non-hydrogen) atoms. The Labute approximate surface area is 181 Å². The average molecular weight is 443 g/mol. The zero-order valence-corrected chi connectivity index (χ0v) is 18.0. The Hall–Kier alpha value is -3.39. The van der Waals surface area contributed by atoms with Crippen molar-refractivity contribution in [3.63, 3.8) is 0 Å². The Kier molecular flexibility index (Phi) is 6.91. The Bertz CT molecular complexity index is 1150. The van der Waals surface area contributed by atoms with Gasteiger partial charge in [-0.25, -0.2) is 12.8 Å². The SMILES string of the molecule is CCN(Cc1ccc(OC)c(F)c1)C(=O)c1ccc(S(=O)(=O)Nc2ccccc2)cc1. The van der Waals surface area contributed by atoms with Gasteiger partial charge in [-0.2, -0.15) is 0 Å². The van der Waals surface area contributed by atoms with Crippen LogP contribution in [0.3, 0.4) is 0 Å². The number of amides is 1. The van der Waals surface area contributed by atoms with Crippen LogP contribution in [0, 0.1) is 5.82 Å². The topological polar surface area (TPSA) is 75.7 Å². The maximum Gasteiger partial charge on any atom is 0.261 e. The maximum atomic E-state index is 14.0. The lowest BCUT2D eigenvalue weighted by molar-refractivity contribution is 0.0752. The van der Waals surface area contributed by atoms with Crippen LogP contribution in [0.4, 0.5) is 10.1 Å². The van der Waals surface area contributed by atoms with E-state index in [2.05, 4.69) is 4.72 Å². The molecule has 0 saturated carbocycles. The van der Waals surface area contributed by atoms with Gasteiger partial charge in [0.2, 0.25) is 0 Å². The van der Waals surface area contributed by atoms with E-state index in [1.54, 1.807) is 41.3 Å². The third-order valence-corrected chi connectivity index (χ3v) is 6.09. The van der Waals surface area contributed by atoms with Gasteiger partial charge in [0.15, 0.2) is 11.6 Å². The molecular formula is C23H23FN2O4S. The predicted molar refractivity (Wildman–Crippen MR) is 117 cm³/mol. The third-order valence-electron chi connectivity index (χ3n) is 4.70. The second-order valence-corrected chi connectivity index (χ2v) is 8.47. The number of carbonyl (C=O) groups excluding carboxylic acids is 1. The van der Waals surface area contributed by atoms with Gasteiger partial charge in [0.05, 0.1) is 12.0 Å². The second kappa shape index (κ2) is 9.61. The smallest absolute Gasteiger partial charge is 0.261 e. The first-order chi connectivity index (χ1) is 14.8. The fraction of sp³-hybridized carbons (Fsp3) is 0.174. The van der Waals surface area contributed by atoms with Crippen LogP contribution >= 0.6 is 0 Å². The molecule has 1 amide bonds. The van der Waals surface area contributed by atoms with Gasteiger partial charge in [-0.1, -0.05) is 24.3 Å². The van der Waals surface area contributed by atoms with Crippen molar-refractivity contribution in [2.75, 3.05) is 18.4 Å². The number of halogens is 1. The molecule has 3 aromatic carbocycles. The molecule has 0 aliphatic heterocycles. The number of rotatable bonds is 8. The number of methoxy groups -OCH3 is 1. The zero-order valence-electron chi connectivity index (χ0n) is 17.2. The Morgan fingerprint density at radius 2 is 1.71 bits per heavy atom. The fourth-order valence-corrected chi connectivity index (χ4v) is 4.09. The number of ether oxygens (including phenoxy) is 1. The van der Waals surface area contributed by atoms with E-state index in [4.69, 9.17) is 4.74 Å². The van der Waals surface area contributed by atoms with Gasteiger partial charge in [-0.05, 0) is 61.0 Å². The van der Waals surface area contributed by atoms with Crippen molar-refractivity contribution in [3.8, 4) is 5.75 Å². The Morgan fingerprint density at radius 3 is 2.29 bits per heavy atom. The number of sulfonamides is 1. The summed E-state index contributed by atoms with van der Waals surface area (Å²) in [5.41, 5.74) is 1.42. The van der Waals surface area contributed by atoms with Crippen LogP contribution in [0.25, 0.3) is 0 Å². The first kappa shape index (κ1) is 22.3. The largest absolute Gasteiger partial charge is 0.494 e. The molecule has 6 nitrogen and oxygen atoms in total. The molecule has 0 fully saturated rings. The van der Waals surface area contributed by atoms with Gasteiger partial charge in [0.25, 0.3) is 15.9 Å². The molecule has 1 N–H and O–H groups in total. The van der Waals surface area contributed by atoms with Gasteiger partial charge < -0.3 is 9.64 Å². The number of nitrogens with one attached hydrogen (secondary N) is 1. The molecule has 0 spiro atoms. The number of benzene rings is 3. The number of para-hydroxylation sites is 1. The summed E-state index contributed by atoms with van der Waals surface area (Å²) in [5.74, 6) is -0.637. The second-order valence-electron chi connectivity index (χ2n) is 6.78. The van der Waals surface area contributed by atoms with Gasteiger partial charge in [0.1, 0.15) is 0 Å². The van der Waals surface area contributed by atoms with Crippen molar-refractivity contribution >= 4 is 21.6 Å². The highest BCUT2D eigenvalue weighted by molar-refractivity contribution is 7.92. The number of anilines is 1. The van der Waals surface area contributed by atoms with Gasteiger partial charge in [0, 0.05) is 24.3 Å². The Balaban J connectivity index is 1.74. The van der Waals surface area contributed by atoms with E-state index in [9.17, 15) is 17.6 Å². The number of hydrogen-bond acceptors (Lipinski definition) is 4. The molecular weight excluding hydrogens is 419 g/mol. The third kappa shape index (κ3) is 5.40. The molecule has 0 bridgehead atoms. The van der Waals surface area contributed by atoms with Gasteiger partial charge in [-0.3, -0.25) is 9.52 Å². The molecule has 0 aliphatic rings. The van der Waals surface area contributed by atoms with Gasteiger partial charge in [-0.15, -0.1) is 0 Å². The summed E-state index contributed by atoms with van der Waals surface area (Å²) in [7, 11) is -2.38. The van der Waals surface area contributed by atoms with Crippen molar-refractivity contribution in [2.24, 2.45) is 0 Å². The van der Waals surface area contributed by atoms with E-state index in [0.717, 1.165) is 0 Å². The van der Waals surface area contributed by atoms with E-state index in [-0.39, 0.29) is 23.1 Å². The monoisotopic (exact) mass is 442 g/mol. The predicted octanol–water partition coefficient (Wildman–Crippen LogP) is 4.30. The first-order valence-corrected chi connectivity index (χ1v) is 11.1. The highest BCUT2D eigenvalue weighted by atomic mass is 32.2. The van der Waals surface area contributed by atoms with Crippen molar-refractivity contribution in [2.45, 2.75) is 18.4 Å². The molecule has 162 valence electrons. The minimum absolute atomic E-state index is 0.0492. The minimum Gasteiger partial charge on any atom is -0.494 e. The molecule has 0 unspecified atom stereocenters. The molecule has 3 rings (SSSR count). The van der Waals surface area contributed by atoms with Crippen LogP contribution in [-0.2, 0) is 16.6 Å². The molecule has 3 aromatic rings. The Morgan fingerprint density at radius 1 is 1.03 bits per heavy atom. The summed E-state index contributed by atoms with van der Waals surface area (Å²) in [6.07, 6.45) is 0. The molecule has 0 aliphatic carbocycles. The lowest BCUT2D eigenvalue weighted by Gasteiger charge is -2.21. The highest BCUT2D eigenvalue weighted by Crippen LogP contribution is 2.20. The van der Waals surface area contributed by atoms with E-state index < -0.39 is 15.8 Å². The molecule has 0 heterocycles. The summed E-state index contributed by atoms with van der Waals surface area (Å²) in [4.78, 5) is 14.5. The lowest BCUT2D eigenvalue weighted by atomic mass is 10.1. The van der Waals surface area contributed by atoms with Crippen molar-refractivity contribution in [1.29, 1.82) is 0 Å². The van der Waals surface area contributed by atoms with Gasteiger partial charge >= 0.3 is 0 Å². The number of hydrogen-bond donors (Lipinski definition) is 1. The first-order valence-electron chi connectivity index (χ1n) is 9.63. The van der Waals surface area contributed by atoms with Crippen LogP contribution in [0.15, 0.2) is 77.7 Å². The maximum absolute atomic E-state index is 14.0. The molecule has 0 atom stereocenters. The van der Waals surface area contributed by atoms with E-state index >= 15 is 0 Å². The van der Waals surface area contributed by atoms with E-state index in [1.807, 2.05) is 6.92 Å². The van der Waals surface area contributed by atoms with Crippen LogP contribution < -0.4 is 9.46 Å². The van der Waals surface area contributed by atoms with Crippen LogP contribution in [0.5, 0.6) is 5.75 Å². The summed E-state index contributed by atoms with van der Waals surface area (Å²) >= 11 is 0. The van der Waals surface area contributed by atoms with Crippen molar-refractivity contribution in [1.82, 2.24) is 4.90 Å². The lowest BCUT2D eigenvalue weighted by Crippen LogP contribution is -2.30. The van der Waals surface area contributed by atoms with E-state index in [0.29, 0.717) is 23.4 Å². The molecule has 8 heteroatoms. The molecule has 0 radical (unpaired) electrons. The average Bonchev–Trinajstić information content (AvgIpc) is 2.77. The van der Waals surface area contributed by atoms with Crippen LogP contribution in [0.1, 0.15) is 22.8 Å².